The van der Waals surface area contributed by atoms with E-state index in [1.807, 2.05) is 12.1 Å². The predicted octanol–water partition coefficient (Wildman–Crippen LogP) is 4.87. The summed E-state index contributed by atoms with van der Waals surface area (Å²) in [7, 11) is 0. The minimum Gasteiger partial charge on any atom is -0.392 e. The van der Waals surface area contributed by atoms with Crippen molar-refractivity contribution in [3.05, 3.63) is 33.8 Å². The maximum absolute atomic E-state index is 10.5. The van der Waals surface area contributed by atoms with Crippen molar-refractivity contribution >= 4 is 23.2 Å². The summed E-state index contributed by atoms with van der Waals surface area (Å²) in [4.78, 5) is 0. The van der Waals surface area contributed by atoms with Gasteiger partial charge in [0.1, 0.15) is 0 Å². The van der Waals surface area contributed by atoms with Gasteiger partial charge in [0.25, 0.3) is 0 Å². The first-order chi connectivity index (χ1) is 8.57. The van der Waals surface area contributed by atoms with Crippen LogP contribution in [0.2, 0.25) is 10.0 Å². The van der Waals surface area contributed by atoms with Crippen molar-refractivity contribution in [3.8, 4) is 0 Å². The summed E-state index contributed by atoms with van der Waals surface area (Å²) in [6, 6.07) is 5.63. The van der Waals surface area contributed by atoms with Gasteiger partial charge in [-0.05, 0) is 48.8 Å². The second kappa shape index (κ2) is 5.81. The second-order valence-corrected chi connectivity index (χ2v) is 6.21. The normalized spacial score (nSPS) is 20.0. The van der Waals surface area contributed by atoms with Gasteiger partial charge < -0.3 is 5.11 Å². The van der Waals surface area contributed by atoms with Crippen molar-refractivity contribution in [3.63, 3.8) is 0 Å². The number of rotatable bonds is 4. The first kappa shape index (κ1) is 14.2. The third kappa shape index (κ3) is 2.84. The topological polar surface area (TPSA) is 20.2 Å². The molecular weight excluding hydrogens is 267 g/mol. The molecule has 1 aliphatic rings. The van der Waals surface area contributed by atoms with Crippen LogP contribution in [0.3, 0.4) is 0 Å². The highest BCUT2D eigenvalue weighted by molar-refractivity contribution is 6.42. The molecule has 1 saturated carbocycles. The van der Waals surface area contributed by atoms with Crippen molar-refractivity contribution in [2.24, 2.45) is 5.41 Å². The van der Waals surface area contributed by atoms with Crippen LogP contribution in [-0.2, 0) is 6.42 Å². The molecule has 0 bridgehead atoms. The van der Waals surface area contributed by atoms with Crippen LogP contribution < -0.4 is 0 Å². The summed E-state index contributed by atoms with van der Waals surface area (Å²) in [5.74, 6) is 0. The Bertz CT molecular complexity index is 411. The van der Waals surface area contributed by atoms with Crippen molar-refractivity contribution in [2.75, 3.05) is 0 Å². The van der Waals surface area contributed by atoms with Crippen LogP contribution in [0.15, 0.2) is 18.2 Å². The molecule has 0 aliphatic heterocycles. The highest BCUT2D eigenvalue weighted by atomic mass is 35.5. The predicted molar refractivity (Wildman–Crippen MR) is 77.4 cm³/mol. The average molecular weight is 287 g/mol. The Hall–Kier alpha value is -0.240. The lowest BCUT2D eigenvalue weighted by atomic mass is 9.76. The molecule has 0 spiro atoms. The van der Waals surface area contributed by atoms with Gasteiger partial charge in [-0.1, -0.05) is 49.0 Å². The van der Waals surface area contributed by atoms with E-state index in [0.717, 1.165) is 24.8 Å². The SMILES string of the molecule is CCC1(C(O)Cc2ccc(Cl)c(Cl)c2)CCCC1. The Labute approximate surface area is 119 Å². The maximum atomic E-state index is 10.5. The lowest BCUT2D eigenvalue weighted by Gasteiger charge is -2.33. The molecule has 0 radical (unpaired) electrons. The number of hydrogen-bond donors (Lipinski definition) is 1. The van der Waals surface area contributed by atoms with Crippen molar-refractivity contribution < 1.29 is 5.11 Å². The van der Waals surface area contributed by atoms with Crippen LogP contribution in [0.25, 0.3) is 0 Å². The van der Waals surface area contributed by atoms with Crippen molar-refractivity contribution in [2.45, 2.75) is 51.6 Å². The van der Waals surface area contributed by atoms with Gasteiger partial charge in [-0.25, -0.2) is 0 Å². The Balaban J connectivity index is 2.10. The van der Waals surface area contributed by atoms with Crippen molar-refractivity contribution in [1.82, 2.24) is 0 Å². The van der Waals surface area contributed by atoms with E-state index in [4.69, 9.17) is 23.2 Å². The molecule has 1 aromatic rings. The monoisotopic (exact) mass is 286 g/mol. The smallest absolute Gasteiger partial charge is 0.0636 e. The molecule has 1 N–H and O–H groups in total. The molecule has 0 aromatic heterocycles. The fourth-order valence-electron chi connectivity index (χ4n) is 3.11. The number of hydrogen-bond acceptors (Lipinski definition) is 1. The van der Waals surface area contributed by atoms with E-state index in [1.165, 1.54) is 12.8 Å². The molecule has 0 saturated heterocycles. The highest BCUT2D eigenvalue weighted by Gasteiger charge is 2.38. The van der Waals surface area contributed by atoms with Crippen LogP contribution in [0, 0.1) is 5.41 Å². The molecule has 1 nitrogen and oxygen atoms in total. The molecule has 0 heterocycles. The molecule has 100 valence electrons. The van der Waals surface area contributed by atoms with Gasteiger partial charge in [-0.2, -0.15) is 0 Å². The van der Waals surface area contributed by atoms with Gasteiger partial charge >= 0.3 is 0 Å². The van der Waals surface area contributed by atoms with E-state index in [0.29, 0.717) is 16.5 Å². The van der Waals surface area contributed by atoms with Gasteiger partial charge in [-0.3, -0.25) is 0 Å². The molecule has 0 amide bonds. The van der Waals surface area contributed by atoms with Gasteiger partial charge in [0.05, 0.1) is 16.1 Å². The van der Waals surface area contributed by atoms with Gasteiger partial charge in [0.2, 0.25) is 0 Å². The van der Waals surface area contributed by atoms with Crippen LogP contribution in [-0.4, -0.2) is 11.2 Å². The molecule has 1 atom stereocenters. The fraction of sp³-hybridized carbons (Fsp3) is 0.600. The average Bonchev–Trinajstić information content (AvgIpc) is 2.84. The fourth-order valence-corrected chi connectivity index (χ4v) is 3.43. The maximum Gasteiger partial charge on any atom is 0.0636 e. The molecule has 1 aliphatic carbocycles. The van der Waals surface area contributed by atoms with Crippen LogP contribution >= 0.6 is 23.2 Å². The lowest BCUT2D eigenvalue weighted by Crippen LogP contribution is -2.33. The summed E-state index contributed by atoms with van der Waals surface area (Å²) in [6.45, 7) is 2.18. The third-order valence-corrected chi connectivity index (χ3v) is 5.16. The van der Waals surface area contributed by atoms with Crippen LogP contribution in [0.5, 0.6) is 0 Å². The van der Waals surface area contributed by atoms with Gasteiger partial charge in [0.15, 0.2) is 0 Å². The zero-order valence-corrected chi connectivity index (χ0v) is 12.3. The van der Waals surface area contributed by atoms with Crippen LogP contribution in [0.1, 0.15) is 44.6 Å². The van der Waals surface area contributed by atoms with E-state index in [9.17, 15) is 5.11 Å². The Morgan fingerprint density at radius 2 is 1.89 bits per heavy atom. The third-order valence-electron chi connectivity index (χ3n) is 4.42. The zero-order valence-electron chi connectivity index (χ0n) is 10.8. The first-order valence-corrected chi connectivity index (χ1v) is 7.45. The number of aliphatic hydroxyl groups is 1. The summed E-state index contributed by atoms with van der Waals surface area (Å²) < 4.78 is 0. The molecular formula is C15H20Cl2O. The first-order valence-electron chi connectivity index (χ1n) is 6.69. The minimum absolute atomic E-state index is 0.117. The standard InChI is InChI=1S/C15H20Cl2O/c1-2-15(7-3-4-8-15)14(18)10-11-5-6-12(16)13(17)9-11/h5-6,9,14,18H,2-4,7-8,10H2,1H3. The van der Waals surface area contributed by atoms with E-state index >= 15 is 0 Å². The second-order valence-electron chi connectivity index (χ2n) is 5.39. The lowest BCUT2D eigenvalue weighted by molar-refractivity contribution is 0.0257. The van der Waals surface area contributed by atoms with Gasteiger partial charge in [-0.15, -0.1) is 0 Å². The van der Waals surface area contributed by atoms with E-state index in [-0.39, 0.29) is 11.5 Å². The molecule has 18 heavy (non-hydrogen) atoms. The number of halogens is 2. The largest absolute Gasteiger partial charge is 0.392 e. The summed E-state index contributed by atoms with van der Waals surface area (Å²) >= 11 is 11.9. The quantitative estimate of drug-likeness (QED) is 0.837. The number of benzene rings is 1. The molecule has 1 unspecified atom stereocenters. The highest BCUT2D eigenvalue weighted by Crippen LogP contribution is 2.44. The van der Waals surface area contributed by atoms with Crippen molar-refractivity contribution in [1.29, 1.82) is 0 Å². The van der Waals surface area contributed by atoms with Gasteiger partial charge in [0, 0.05) is 0 Å². The number of aliphatic hydroxyl groups excluding tert-OH is 1. The van der Waals surface area contributed by atoms with E-state index < -0.39 is 0 Å². The molecule has 1 aromatic carbocycles. The Kier molecular flexibility index (Phi) is 4.58. The van der Waals surface area contributed by atoms with E-state index in [2.05, 4.69) is 6.92 Å². The summed E-state index contributed by atoms with van der Waals surface area (Å²) in [5, 5.41) is 11.7. The zero-order chi connectivity index (χ0) is 13.2. The minimum atomic E-state index is -0.276. The molecule has 1 fully saturated rings. The Morgan fingerprint density at radius 1 is 1.22 bits per heavy atom. The summed E-state index contributed by atoms with van der Waals surface area (Å²) in [6.07, 6.45) is 6.22. The van der Waals surface area contributed by atoms with Crippen LogP contribution in [0.4, 0.5) is 0 Å². The van der Waals surface area contributed by atoms with E-state index in [1.54, 1.807) is 6.07 Å². The summed E-state index contributed by atoms with van der Waals surface area (Å²) in [5.41, 5.74) is 1.18. The Morgan fingerprint density at radius 3 is 2.44 bits per heavy atom. The molecule has 3 heteroatoms. The molecule has 2 rings (SSSR count).